The molecule has 2 N–H and O–H groups in total. The Bertz CT molecular complexity index is 457. The van der Waals surface area contributed by atoms with Gasteiger partial charge in [-0.15, -0.1) is 0 Å². The van der Waals surface area contributed by atoms with E-state index < -0.39 is 17.9 Å². The normalized spacial score (nSPS) is 13.2. The summed E-state index contributed by atoms with van der Waals surface area (Å²) in [5, 5.41) is 11.4. The number of nitrogens with one attached hydrogen (secondary N) is 1. The molecule has 20 heavy (non-hydrogen) atoms. The maximum absolute atomic E-state index is 11.6. The summed E-state index contributed by atoms with van der Waals surface area (Å²) in [5.74, 6) is -0.721. The fourth-order valence-corrected chi connectivity index (χ4v) is 1.46. The first kappa shape index (κ1) is 15.8. The molecule has 0 aliphatic carbocycles. The number of benzene rings is 1. The number of carbonyl (C=O) groups excluding carboxylic acids is 1. The Kier molecular flexibility index (Phi) is 5.83. The van der Waals surface area contributed by atoms with Crippen molar-refractivity contribution in [3.8, 4) is 11.5 Å². The van der Waals surface area contributed by atoms with Crippen LogP contribution in [0.5, 0.6) is 11.5 Å². The number of amides is 1. The van der Waals surface area contributed by atoms with Gasteiger partial charge >= 0.3 is 5.97 Å². The van der Waals surface area contributed by atoms with Crippen LogP contribution in [0.3, 0.4) is 0 Å². The van der Waals surface area contributed by atoms with E-state index >= 15 is 0 Å². The lowest BCUT2D eigenvalue weighted by Crippen LogP contribution is -2.42. The van der Waals surface area contributed by atoms with Gasteiger partial charge in [-0.2, -0.15) is 0 Å². The number of aliphatic carboxylic acids is 1. The van der Waals surface area contributed by atoms with Gasteiger partial charge in [-0.25, -0.2) is 0 Å². The molecule has 0 spiro atoms. The molecule has 0 aromatic heterocycles. The third kappa shape index (κ3) is 4.79. The van der Waals surface area contributed by atoms with Crippen LogP contribution in [0.4, 0.5) is 0 Å². The number of carbonyl (C=O) groups is 2. The third-order valence-corrected chi connectivity index (χ3v) is 2.96. The van der Waals surface area contributed by atoms with Crippen LogP contribution in [0.2, 0.25) is 0 Å². The molecule has 0 saturated carbocycles. The topological polar surface area (TPSA) is 84.9 Å². The highest BCUT2D eigenvalue weighted by Gasteiger charge is 2.20. The highest BCUT2D eigenvalue weighted by atomic mass is 16.5. The minimum absolute atomic E-state index is 0.164. The zero-order valence-corrected chi connectivity index (χ0v) is 11.8. The molecule has 0 fully saturated rings. The summed E-state index contributed by atoms with van der Waals surface area (Å²) in [5.41, 5.74) is 0. The van der Waals surface area contributed by atoms with Crippen molar-refractivity contribution in [2.24, 2.45) is 5.92 Å². The Hall–Kier alpha value is -2.24. The van der Waals surface area contributed by atoms with Crippen molar-refractivity contribution in [1.82, 2.24) is 5.32 Å². The number of hydrogen-bond acceptors (Lipinski definition) is 4. The molecule has 1 amide bonds. The molecular weight excluding hydrogens is 262 g/mol. The molecule has 2 atom stereocenters. The molecule has 1 rings (SSSR count). The lowest BCUT2D eigenvalue weighted by Gasteiger charge is -2.17. The number of ether oxygens (including phenoxy) is 2. The molecule has 0 saturated heterocycles. The first-order valence-electron chi connectivity index (χ1n) is 6.23. The smallest absolute Gasteiger partial charge is 0.308 e. The molecule has 2 unspecified atom stereocenters. The highest BCUT2D eigenvalue weighted by molar-refractivity contribution is 5.79. The molecule has 110 valence electrons. The summed E-state index contributed by atoms with van der Waals surface area (Å²) in [6, 6.07) is 6.37. The number of methoxy groups -OCH3 is 1. The predicted molar refractivity (Wildman–Crippen MR) is 72.9 cm³/mol. The molecule has 0 radical (unpaired) electrons. The monoisotopic (exact) mass is 281 g/mol. The van der Waals surface area contributed by atoms with Gasteiger partial charge in [0.05, 0.1) is 13.0 Å². The van der Waals surface area contributed by atoms with Crippen LogP contribution in [0, 0.1) is 5.92 Å². The second-order valence-electron chi connectivity index (χ2n) is 4.45. The van der Waals surface area contributed by atoms with E-state index in [9.17, 15) is 9.59 Å². The lowest BCUT2D eigenvalue weighted by atomic mass is 10.0. The van der Waals surface area contributed by atoms with E-state index in [-0.39, 0.29) is 12.5 Å². The van der Waals surface area contributed by atoms with Gasteiger partial charge in [0.15, 0.2) is 6.61 Å². The van der Waals surface area contributed by atoms with E-state index in [0.29, 0.717) is 11.5 Å². The SMILES string of the molecule is COc1ccc(OCC(=O)NC(C)C(C)C(=O)O)cc1. The Labute approximate surface area is 117 Å². The zero-order valence-electron chi connectivity index (χ0n) is 11.8. The van der Waals surface area contributed by atoms with Crippen molar-refractivity contribution in [2.45, 2.75) is 19.9 Å². The fraction of sp³-hybridized carbons (Fsp3) is 0.429. The fourth-order valence-electron chi connectivity index (χ4n) is 1.46. The Balaban J connectivity index is 2.41. The van der Waals surface area contributed by atoms with Crippen molar-refractivity contribution in [1.29, 1.82) is 0 Å². The summed E-state index contributed by atoms with van der Waals surface area (Å²) in [7, 11) is 1.56. The molecule has 6 heteroatoms. The standard InChI is InChI=1S/C14H19NO5/c1-9(14(17)18)10(2)15-13(16)8-20-12-6-4-11(19-3)5-7-12/h4-7,9-10H,8H2,1-3H3,(H,15,16)(H,17,18). The molecule has 0 bridgehead atoms. The summed E-state index contributed by atoms with van der Waals surface area (Å²) in [6.45, 7) is 3.02. The summed E-state index contributed by atoms with van der Waals surface area (Å²) in [6.07, 6.45) is 0. The van der Waals surface area contributed by atoms with Crippen molar-refractivity contribution < 1.29 is 24.2 Å². The quantitative estimate of drug-likeness (QED) is 0.787. The molecule has 1 aromatic carbocycles. The largest absolute Gasteiger partial charge is 0.497 e. The molecule has 1 aromatic rings. The van der Waals surface area contributed by atoms with Crippen molar-refractivity contribution in [2.75, 3.05) is 13.7 Å². The summed E-state index contributed by atoms with van der Waals surface area (Å²) >= 11 is 0. The maximum Gasteiger partial charge on any atom is 0.308 e. The van der Waals surface area contributed by atoms with Crippen molar-refractivity contribution in [3.05, 3.63) is 24.3 Å². The lowest BCUT2D eigenvalue weighted by molar-refractivity contribution is -0.142. The van der Waals surface area contributed by atoms with Gasteiger partial charge in [-0.05, 0) is 38.1 Å². The van der Waals surface area contributed by atoms with Gasteiger partial charge in [-0.3, -0.25) is 9.59 Å². The van der Waals surface area contributed by atoms with Crippen LogP contribution in [0.15, 0.2) is 24.3 Å². The van der Waals surface area contributed by atoms with E-state index in [4.69, 9.17) is 14.6 Å². The Morgan fingerprint density at radius 1 is 1.20 bits per heavy atom. The van der Waals surface area contributed by atoms with Crippen molar-refractivity contribution in [3.63, 3.8) is 0 Å². The summed E-state index contributed by atoms with van der Waals surface area (Å²) < 4.78 is 10.3. The highest BCUT2D eigenvalue weighted by Crippen LogP contribution is 2.16. The number of hydrogen-bond donors (Lipinski definition) is 2. The number of carboxylic acids is 1. The zero-order chi connectivity index (χ0) is 15.1. The number of rotatable bonds is 7. The van der Waals surface area contributed by atoms with E-state index in [0.717, 1.165) is 0 Å². The first-order valence-corrected chi connectivity index (χ1v) is 6.23. The van der Waals surface area contributed by atoms with Gasteiger partial charge in [0.1, 0.15) is 11.5 Å². The number of carboxylic acid groups (broad SMARTS) is 1. The van der Waals surface area contributed by atoms with E-state index in [1.807, 2.05) is 0 Å². The van der Waals surface area contributed by atoms with Crippen molar-refractivity contribution >= 4 is 11.9 Å². The molecular formula is C14H19NO5. The maximum atomic E-state index is 11.6. The Morgan fingerprint density at radius 2 is 1.75 bits per heavy atom. The average Bonchev–Trinajstić information content (AvgIpc) is 2.44. The van der Waals surface area contributed by atoms with Crippen LogP contribution in [-0.2, 0) is 9.59 Å². The summed E-state index contributed by atoms with van der Waals surface area (Å²) in [4.78, 5) is 22.4. The van der Waals surface area contributed by atoms with Gasteiger partial charge < -0.3 is 19.9 Å². The molecule has 0 aliphatic heterocycles. The third-order valence-electron chi connectivity index (χ3n) is 2.96. The average molecular weight is 281 g/mol. The van der Waals surface area contributed by atoms with Crippen LogP contribution in [0.1, 0.15) is 13.8 Å². The van der Waals surface area contributed by atoms with E-state index in [2.05, 4.69) is 5.32 Å². The Morgan fingerprint density at radius 3 is 2.25 bits per heavy atom. The van der Waals surface area contributed by atoms with Crippen LogP contribution in [-0.4, -0.2) is 36.7 Å². The van der Waals surface area contributed by atoms with Gasteiger partial charge in [-0.1, -0.05) is 0 Å². The minimum atomic E-state index is -0.950. The second-order valence-corrected chi connectivity index (χ2v) is 4.45. The second kappa shape index (κ2) is 7.37. The van der Waals surface area contributed by atoms with Crippen LogP contribution >= 0.6 is 0 Å². The van der Waals surface area contributed by atoms with Crippen LogP contribution in [0.25, 0.3) is 0 Å². The molecule has 0 aliphatic rings. The van der Waals surface area contributed by atoms with E-state index in [1.54, 1.807) is 38.3 Å². The van der Waals surface area contributed by atoms with Crippen LogP contribution < -0.4 is 14.8 Å². The van der Waals surface area contributed by atoms with Gasteiger partial charge in [0.25, 0.3) is 5.91 Å². The minimum Gasteiger partial charge on any atom is -0.497 e. The molecule has 0 heterocycles. The van der Waals surface area contributed by atoms with Gasteiger partial charge in [0.2, 0.25) is 0 Å². The predicted octanol–water partition coefficient (Wildman–Crippen LogP) is 1.30. The van der Waals surface area contributed by atoms with E-state index in [1.165, 1.54) is 6.92 Å². The first-order chi connectivity index (χ1) is 9.43. The van der Waals surface area contributed by atoms with Gasteiger partial charge in [0, 0.05) is 6.04 Å². The molecule has 6 nitrogen and oxygen atoms in total.